The van der Waals surface area contributed by atoms with E-state index in [0.29, 0.717) is 0 Å². The van der Waals surface area contributed by atoms with Gasteiger partial charge in [0.05, 0.1) is 19.3 Å². The number of hydrazine groups is 2. The predicted molar refractivity (Wildman–Crippen MR) is 79.0 cm³/mol. The van der Waals surface area contributed by atoms with Crippen molar-refractivity contribution in [1.82, 2.24) is 25.5 Å². The fraction of sp³-hybridized carbons (Fsp3) is 0.923. The molecule has 3 rings (SSSR count). The number of hydrogen-bond acceptors (Lipinski definition) is 7. The normalized spacial score (nSPS) is 36.6. The van der Waals surface area contributed by atoms with E-state index in [9.17, 15) is 5.21 Å². The zero-order valence-electron chi connectivity index (χ0n) is 12.7. The molecule has 2 saturated heterocycles. The quantitative estimate of drug-likeness (QED) is 0.725. The van der Waals surface area contributed by atoms with Gasteiger partial charge in [-0.2, -0.15) is 10.5 Å². The molecule has 0 spiro atoms. The highest BCUT2D eigenvalue weighted by molar-refractivity contribution is 6.20. The Morgan fingerprint density at radius 3 is 2.62 bits per heavy atom. The van der Waals surface area contributed by atoms with Crippen molar-refractivity contribution in [3.63, 3.8) is 0 Å². The van der Waals surface area contributed by atoms with Crippen LogP contribution in [-0.2, 0) is 4.74 Å². The highest BCUT2D eigenvalue weighted by atomic mass is 35.5. The van der Waals surface area contributed by atoms with Crippen molar-refractivity contribution in [1.29, 1.82) is 0 Å². The maximum absolute atomic E-state index is 10.2. The van der Waals surface area contributed by atoms with Crippen molar-refractivity contribution in [2.75, 3.05) is 40.4 Å². The lowest BCUT2D eigenvalue weighted by atomic mass is 9.90. The van der Waals surface area contributed by atoms with Gasteiger partial charge in [0.25, 0.3) is 0 Å². The van der Waals surface area contributed by atoms with Crippen LogP contribution in [-0.4, -0.2) is 83.0 Å². The van der Waals surface area contributed by atoms with Crippen LogP contribution in [0.5, 0.6) is 0 Å². The number of fused-ring (bicyclic) bond motifs is 1. The number of hydrogen-bond donors (Lipinski definition) is 2. The van der Waals surface area contributed by atoms with Crippen LogP contribution in [0.15, 0.2) is 0 Å². The van der Waals surface area contributed by atoms with Crippen molar-refractivity contribution >= 4 is 11.6 Å². The summed E-state index contributed by atoms with van der Waals surface area (Å²) in [5.74, 6) is 0. The molecule has 0 aromatic heterocycles. The largest absolute Gasteiger partial charge is 0.379 e. The Morgan fingerprint density at radius 1 is 1.24 bits per heavy atom. The zero-order chi connectivity index (χ0) is 15.0. The van der Waals surface area contributed by atoms with Crippen LogP contribution in [0.1, 0.15) is 19.3 Å². The van der Waals surface area contributed by atoms with Crippen molar-refractivity contribution in [2.45, 2.75) is 36.7 Å². The van der Waals surface area contributed by atoms with Crippen LogP contribution in [0.2, 0.25) is 0 Å². The number of nitrogens with one attached hydrogen (secondary N) is 1. The average Bonchev–Trinajstić information content (AvgIpc) is 2.77. The molecule has 0 bridgehead atoms. The zero-order valence-corrected chi connectivity index (χ0v) is 13.5. The summed E-state index contributed by atoms with van der Waals surface area (Å²) in [5, 5.41) is 13.7. The Hall–Kier alpha value is 0.01000. The van der Waals surface area contributed by atoms with Gasteiger partial charge in [0.2, 0.25) is 0 Å². The van der Waals surface area contributed by atoms with E-state index >= 15 is 0 Å². The standard InChI is InChI=1S/C13H25ClN5O2/c1-16(2)13(17-5-7-21-8-6-17)18-11-4-3-10(14)9-12(11)19(20)15-18/h10-12,15,20H,3-9H2,1-2H3. The summed E-state index contributed by atoms with van der Waals surface area (Å²) in [6.07, 6.45) is 3.84. The summed E-state index contributed by atoms with van der Waals surface area (Å²) >= 11 is 6.26. The van der Waals surface area contributed by atoms with Crippen molar-refractivity contribution < 1.29 is 9.94 Å². The lowest BCUT2D eigenvalue weighted by molar-refractivity contribution is -0.173. The van der Waals surface area contributed by atoms with E-state index in [2.05, 4.69) is 20.3 Å². The Morgan fingerprint density at radius 2 is 1.95 bits per heavy atom. The van der Waals surface area contributed by atoms with Gasteiger partial charge >= 0.3 is 0 Å². The average molecular weight is 319 g/mol. The number of morpholine rings is 1. The monoisotopic (exact) mass is 318 g/mol. The molecule has 1 aliphatic carbocycles. The molecule has 0 aromatic carbocycles. The number of nitrogens with zero attached hydrogens (tertiary/aromatic N) is 4. The molecule has 2 heterocycles. The van der Waals surface area contributed by atoms with E-state index in [0.717, 1.165) is 51.9 Å². The first-order valence-electron chi connectivity index (χ1n) is 7.62. The van der Waals surface area contributed by atoms with Gasteiger partial charge in [0, 0.05) is 24.5 Å². The number of alkyl halides is 1. The molecule has 0 aromatic rings. The van der Waals surface area contributed by atoms with Crippen LogP contribution in [0, 0.1) is 6.29 Å². The number of hydroxylamine groups is 1. The Bertz CT molecular complexity index is 355. The Balaban J connectivity index is 1.76. The summed E-state index contributed by atoms with van der Waals surface area (Å²) in [4.78, 5) is 4.40. The van der Waals surface area contributed by atoms with Gasteiger partial charge in [-0.1, -0.05) is 0 Å². The smallest absolute Gasteiger partial charge is 0.194 e. The molecule has 3 aliphatic rings. The first-order chi connectivity index (χ1) is 10.1. The van der Waals surface area contributed by atoms with Gasteiger partial charge in [0.15, 0.2) is 6.29 Å². The minimum Gasteiger partial charge on any atom is -0.379 e. The molecule has 21 heavy (non-hydrogen) atoms. The minimum absolute atomic E-state index is 0.0391. The lowest BCUT2D eigenvalue weighted by Gasteiger charge is -2.43. The number of ether oxygens (including phenoxy) is 1. The molecule has 1 radical (unpaired) electrons. The van der Waals surface area contributed by atoms with Crippen LogP contribution >= 0.6 is 11.6 Å². The van der Waals surface area contributed by atoms with Crippen molar-refractivity contribution in [3.8, 4) is 0 Å². The number of halogens is 1. The fourth-order valence-corrected chi connectivity index (χ4v) is 3.82. The third-order valence-corrected chi connectivity index (χ3v) is 4.88. The first kappa shape index (κ1) is 15.9. The van der Waals surface area contributed by atoms with Gasteiger partial charge in [-0.05, 0) is 33.4 Å². The summed E-state index contributed by atoms with van der Waals surface area (Å²) in [6.45, 7) is 3.22. The van der Waals surface area contributed by atoms with Crippen LogP contribution < -0.4 is 5.53 Å². The number of rotatable bonds is 3. The molecule has 3 fully saturated rings. The first-order valence-corrected chi connectivity index (χ1v) is 8.06. The van der Waals surface area contributed by atoms with E-state index < -0.39 is 0 Å². The van der Waals surface area contributed by atoms with Crippen LogP contribution in [0.3, 0.4) is 0 Å². The highest BCUT2D eigenvalue weighted by Crippen LogP contribution is 2.35. The third kappa shape index (κ3) is 3.20. The van der Waals surface area contributed by atoms with Gasteiger partial charge in [-0.15, -0.1) is 16.8 Å². The molecule has 3 atom stereocenters. The molecule has 2 N–H and O–H groups in total. The van der Waals surface area contributed by atoms with E-state index in [-0.39, 0.29) is 17.5 Å². The molecule has 0 amide bonds. The van der Waals surface area contributed by atoms with Crippen molar-refractivity contribution in [3.05, 3.63) is 6.29 Å². The van der Waals surface area contributed by atoms with Crippen LogP contribution in [0.4, 0.5) is 0 Å². The summed E-state index contributed by atoms with van der Waals surface area (Å²) in [7, 11) is 4.07. The second kappa shape index (κ2) is 6.64. The predicted octanol–water partition coefficient (Wildman–Crippen LogP) is 0.282. The molecule has 7 nitrogen and oxygen atoms in total. The Kier molecular flexibility index (Phi) is 5.02. The highest BCUT2D eigenvalue weighted by Gasteiger charge is 2.48. The molecule has 8 heteroatoms. The SMILES string of the molecule is CN(C)[C](N1CCOCC1)N1NN(O)C2CC(Cl)CCC21. The van der Waals surface area contributed by atoms with Gasteiger partial charge < -0.3 is 4.74 Å². The summed E-state index contributed by atoms with van der Waals surface area (Å²) < 4.78 is 5.44. The molecule has 3 unspecified atom stereocenters. The summed E-state index contributed by atoms with van der Waals surface area (Å²) in [5.41, 5.74) is 3.10. The Labute approximate surface area is 131 Å². The van der Waals surface area contributed by atoms with E-state index in [4.69, 9.17) is 16.3 Å². The maximum Gasteiger partial charge on any atom is 0.194 e. The van der Waals surface area contributed by atoms with E-state index in [1.165, 1.54) is 5.17 Å². The van der Waals surface area contributed by atoms with Gasteiger partial charge in [-0.25, -0.2) is 0 Å². The molecular weight excluding hydrogens is 294 g/mol. The van der Waals surface area contributed by atoms with Gasteiger partial charge in [-0.3, -0.25) is 15.0 Å². The second-order valence-electron chi connectivity index (χ2n) is 6.15. The third-order valence-electron chi connectivity index (χ3n) is 4.48. The molecule has 121 valence electrons. The lowest BCUT2D eigenvalue weighted by Crippen LogP contribution is -2.58. The van der Waals surface area contributed by atoms with Crippen molar-refractivity contribution in [2.24, 2.45) is 0 Å². The molecular formula is C13H25ClN5O2. The molecule has 1 saturated carbocycles. The van der Waals surface area contributed by atoms with E-state index in [1.54, 1.807) is 0 Å². The fourth-order valence-electron chi connectivity index (χ4n) is 3.51. The van der Waals surface area contributed by atoms with Gasteiger partial charge in [0.1, 0.15) is 0 Å². The van der Waals surface area contributed by atoms with E-state index in [1.807, 2.05) is 14.1 Å². The van der Waals surface area contributed by atoms with Crippen LogP contribution in [0.25, 0.3) is 0 Å². The topological polar surface area (TPSA) is 54.5 Å². The second-order valence-corrected chi connectivity index (χ2v) is 6.77. The minimum atomic E-state index is 0.0391. The molecule has 2 aliphatic heterocycles. The summed E-state index contributed by atoms with van der Waals surface area (Å²) in [6, 6.07) is 0.280. The maximum atomic E-state index is 10.2.